The van der Waals surface area contributed by atoms with E-state index in [-0.39, 0.29) is 42.3 Å². The normalized spacial score (nSPS) is 24.4. The summed E-state index contributed by atoms with van der Waals surface area (Å²) in [5.74, 6) is -0.248. The summed E-state index contributed by atoms with van der Waals surface area (Å²) in [6.07, 6.45) is 0.518. The Labute approximate surface area is 159 Å². The molecular formula is C18H25N3O5S. The van der Waals surface area contributed by atoms with Gasteiger partial charge in [-0.3, -0.25) is 14.6 Å². The van der Waals surface area contributed by atoms with Crippen molar-refractivity contribution in [3.05, 3.63) is 24.3 Å². The fraction of sp³-hybridized carbons (Fsp3) is 0.556. The second kappa shape index (κ2) is 7.47. The molecule has 2 heterocycles. The largest absolute Gasteiger partial charge is 0.495 e. The van der Waals surface area contributed by atoms with Crippen LogP contribution in [0.1, 0.15) is 12.8 Å². The van der Waals surface area contributed by atoms with E-state index in [9.17, 15) is 18.0 Å². The van der Waals surface area contributed by atoms with Crippen LogP contribution in [0.5, 0.6) is 5.75 Å². The minimum absolute atomic E-state index is 0.0339. The molecule has 3 rings (SSSR count). The molecule has 2 fully saturated rings. The first-order valence-electron chi connectivity index (χ1n) is 8.87. The summed E-state index contributed by atoms with van der Waals surface area (Å²) in [5.41, 5.74) is 0.639. The van der Waals surface area contributed by atoms with Crippen LogP contribution < -0.4 is 9.64 Å². The Balaban J connectivity index is 1.80. The molecular weight excluding hydrogens is 370 g/mol. The fourth-order valence-corrected chi connectivity index (χ4v) is 5.51. The SMILES string of the molecule is COc1ccccc1N1C[C@@H](C(=O)N([C@H]2CCS(=O)(=O)C2)N(C)C)CC1=O. The predicted molar refractivity (Wildman–Crippen MR) is 101 cm³/mol. The Morgan fingerprint density at radius 3 is 2.56 bits per heavy atom. The minimum Gasteiger partial charge on any atom is -0.495 e. The molecule has 2 aliphatic rings. The summed E-state index contributed by atoms with van der Waals surface area (Å²) in [6.45, 7) is 0.252. The lowest BCUT2D eigenvalue weighted by Gasteiger charge is -2.35. The van der Waals surface area contributed by atoms with Crippen LogP contribution in [0, 0.1) is 5.92 Å². The Kier molecular flexibility index (Phi) is 5.43. The molecule has 0 bridgehead atoms. The van der Waals surface area contributed by atoms with Crippen molar-refractivity contribution in [2.75, 3.05) is 44.2 Å². The number of sulfone groups is 1. The van der Waals surface area contributed by atoms with Crippen LogP contribution in [0.25, 0.3) is 0 Å². The van der Waals surface area contributed by atoms with Gasteiger partial charge in [0, 0.05) is 27.1 Å². The minimum atomic E-state index is -3.12. The van der Waals surface area contributed by atoms with Gasteiger partial charge in [0.25, 0.3) is 0 Å². The van der Waals surface area contributed by atoms with E-state index in [2.05, 4.69) is 0 Å². The van der Waals surface area contributed by atoms with Gasteiger partial charge in [0.1, 0.15) is 5.75 Å². The lowest BCUT2D eigenvalue weighted by molar-refractivity contribution is -0.153. The van der Waals surface area contributed by atoms with Crippen molar-refractivity contribution in [1.29, 1.82) is 0 Å². The van der Waals surface area contributed by atoms with Gasteiger partial charge in [-0.25, -0.2) is 13.4 Å². The van der Waals surface area contributed by atoms with Gasteiger partial charge in [0.2, 0.25) is 11.8 Å². The number of para-hydroxylation sites is 2. The number of rotatable bonds is 5. The summed E-state index contributed by atoms with van der Waals surface area (Å²) < 4.78 is 29.0. The number of carbonyl (C=O) groups excluding carboxylic acids is 2. The monoisotopic (exact) mass is 395 g/mol. The molecule has 8 nitrogen and oxygen atoms in total. The molecule has 0 unspecified atom stereocenters. The number of amides is 2. The zero-order chi connectivity index (χ0) is 19.8. The summed E-state index contributed by atoms with van der Waals surface area (Å²) in [7, 11) is 1.86. The number of methoxy groups -OCH3 is 1. The highest BCUT2D eigenvalue weighted by Gasteiger charge is 2.43. The van der Waals surface area contributed by atoms with Crippen LogP contribution in [0.4, 0.5) is 5.69 Å². The Hall–Kier alpha value is -2.13. The van der Waals surface area contributed by atoms with Gasteiger partial charge in [-0.05, 0) is 18.6 Å². The van der Waals surface area contributed by atoms with Crippen molar-refractivity contribution in [3.63, 3.8) is 0 Å². The maximum Gasteiger partial charge on any atom is 0.242 e. The van der Waals surface area contributed by atoms with E-state index in [0.717, 1.165) is 0 Å². The molecule has 2 atom stereocenters. The zero-order valence-electron chi connectivity index (χ0n) is 15.8. The molecule has 9 heteroatoms. The highest BCUT2D eigenvalue weighted by atomic mass is 32.2. The smallest absolute Gasteiger partial charge is 0.242 e. The topological polar surface area (TPSA) is 87.2 Å². The van der Waals surface area contributed by atoms with Crippen LogP contribution in [0.3, 0.4) is 0 Å². The van der Waals surface area contributed by atoms with Gasteiger partial charge in [-0.15, -0.1) is 0 Å². The number of carbonyl (C=O) groups is 2. The standard InChI is InChI=1S/C18H25N3O5S/c1-19(2)21(14-8-9-27(24,25)12-14)18(23)13-10-17(22)20(11-13)15-6-4-5-7-16(15)26-3/h4-7,13-14H,8-12H2,1-3H3/t13-,14-/m0/s1. The predicted octanol–water partition coefficient (Wildman–Crippen LogP) is 0.540. The molecule has 2 aliphatic heterocycles. The lowest BCUT2D eigenvalue weighted by atomic mass is 10.1. The Bertz CT molecular complexity index is 839. The van der Waals surface area contributed by atoms with E-state index < -0.39 is 15.8 Å². The maximum atomic E-state index is 13.1. The lowest BCUT2D eigenvalue weighted by Crippen LogP contribution is -2.52. The maximum absolute atomic E-state index is 13.1. The zero-order valence-corrected chi connectivity index (χ0v) is 16.6. The van der Waals surface area contributed by atoms with E-state index in [1.54, 1.807) is 36.1 Å². The molecule has 2 saturated heterocycles. The van der Waals surface area contributed by atoms with Crippen molar-refractivity contribution in [2.45, 2.75) is 18.9 Å². The summed E-state index contributed by atoms with van der Waals surface area (Å²) in [6, 6.07) is 6.81. The molecule has 1 aromatic rings. The molecule has 27 heavy (non-hydrogen) atoms. The van der Waals surface area contributed by atoms with E-state index in [1.807, 2.05) is 12.1 Å². The molecule has 0 aromatic heterocycles. The quantitative estimate of drug-likeness (QED) is 0.677. The molecule has 0 N–H and O–H groups in total. The second-order valence-corrected chi connectivity index (χ2v) is 9.39. The number of hydrogen-bond acceptors (Lipinski definition) is 6. The van der Waals surface area contributed by atoms with Gasteiger partial charge in [-0.1, -0.05) is 12.1 Å². The first-order valence-corrected chi connectivity index (χ1v) is 10.7. The van der Waals surface area contributed by atoms with Crippen LogP contribution in [0.15, 0.2) is 24.3 Å². The van der Waals surface area contributed by atoms with Crippen LogP contribution in [0.2, 0.25) is 0 Å². The van der Waals surface area contributed by atoms with Crippen molar-refractivity contribution >= 4 is 27.3 Å². The third-order valence-electron chi connectivity index (χ3n) is 5.06. The molecule has 148 valence electrons. The van der Waals surface area contributed by atoms with E-state index in [4.69, 9.17) is 4.74 Å². The fourth-order valence-electron chi connectivity index (χ4n) is 3.82. The Morgan fingerprint density at radius 2 is 1.96 bits per heavy atom. The van der Waals surface area contributed by atoms with E-state index in [0.29, 0.717) is 17.9 Å². The molecule has 0 spiro atoms. The number of anilines is 1. The molecule has 1 aromatic carbocycles. The molecule has 0 saturated carbocycles. The molecule has 0 radical (unpaired) electrons. The number of nitrogens with zero attached hydrogens (tertiary/aromatic N) is 3. The molecule has 0 aliphatic carbocycles. The number of benzene rings is 1. The summed E-state index contributed by atoms with van der Waals surface area (Å²) in [4.78, 5) is 27.3. The van der Waals surface area contributed by atoms with Gasteiger partial charge in [0.15, 0.2) is 9.84 Å². The highest BCUT2D eigenvalue weighted by Crippen LogP contribution is 2.34. The van der Waals surface area contributed by atoms with Gasteiger partial charge >= 0.3 is 0 Å². The van der Waals surface area contributed by atoms with E-state index in [1.165, 1.54) is 12.1 Å². The number of hydrogen-bond donors (Lipinski definition) is 0. The number of ether oxygens (including phenoxy) is 1. The third-order valence-corrected chi connectivity index (χ3v) is 6.81. The number of hydrazine groups is 1. The molecule has 2 amide bonds. The van der Waals surface area contributed by atoms with Crippen molar-refractivity contribution in [1.82, 2.24) is 10.0 Å². The first kappa shape index (κ1) is 19.6. The Morgan fingerprint density at radius 1 is 1.26 bits per heavy atom. The van der Waals surface area contributed by atoms with Gasteiger partial charge < -0.3 is 9.64 Å². The second-order valence-electron chi connectivity index (χ2n) is 7.16. The first-order chi connectivity index (χ1) is 12.7. The average molecular weight is 395 g/mol. The van der Waals surface area contributed by atoms with E-state index >= 15 is 0 Å². The highest BCUT2D eigenvalue weighted by molar-refractivity contribution is 7.91. The van der Waals surface area contributed by atoms with Crippen LogP contribution in [-0.4, -0.2) is 75.5 Å². The van der Waals surface area contributed by atoms with Gasteiger partial charge in [0.05, 0.1) is 36.3 Å². The van der Waals surface area contributed by atoms with Crippen molar-refractivity contribution < 1.29 is 22.7 Å². The van der Waals surface area contributed by atoms with Crippen molar-refractivity contribution in [3.8, 4) is 5.75 Å². The summed E-state index contributed by atoms with van der Waals surface area (Å²) in [5, 5.41) is 3.14. The van der Waals surface area contributed by atoms with Crippen LogP contribution in [-0.2, 0) is 19.4 Å². The van der Waals surface area contributed by atoms with Crippen molar-refractivity contribution in [2.24, 2.45) is 5.92 Å². The third kappa shape index (κ3) is 3.93. The van der Waals surface area contributed by atoms with Gasteiger partial charge in [-0.2, -0.15) is 0 Å². The summed E-state index contributed by atoms with van der Waals surface area (Å²) >= 11 is 0. The average Bonchev–Trinajstić information content (AvgIpc) is 3.17. The van der Waals surface area contributed by atoms with Crippen LogP contribution >= 0.6 is 0 Å².